The predicted octanol–water partition coefficient (Wildman–Crippen LogP) is 0.690. The summed E-state index contributed by atoms with van der Waals surface area (Å²) in [6.07, 6.45) is 1.10. The van der Waals surface area contributed by atoms with E-state index in [2.05, 4.69) is 11.3 Å². The Balaban J connectivity index is 0. The van der Waals surface area contributed by atoms with Gasteiger partial charge < -0.3 is 4.74 Å². The molecule has 45 valence electrons. The van der Waals surface area contributed by atoms with Gasteiger partial charge in [-0.05, 0) is 0 Å². The average Bonchev–Trinajstić information content (AvgIpc) is 1.35. The van der Waals surface area contributed by atoms with Crippen LogP contribution in [0.15, 0.2) is 12.8 Å². The minimum absolute atomic E-state index is 0. The van der Waals surface area contributed by atoms with E-state index in [9.17, 15) is 4.79 Å². The second-order valence-electron chi connectivity index (χ2n) is 0.776. The van der Waals surface area contributed by atoms with Crippen molar-refractivity contribution in [1.29, 1.82) is 0 Å². The fraction of sp³-hybridized carbons (Fsp3) is 0.250. The van der Waals surface area contributed by atoms with E-state index in [1.807, 2.05) is 0 Å². The number of hydrogen-bond donors (Lipinski definition) is 0. The summed E-state index contributed by atoms with van der Waals surface area (Å²) in [6, 6.07) is 0. The van der Waals surface area contributed by atoms with E-state index in [1.54, 1.807) is 0 Å². The summed E-state index contributed by atoms with van der Waals surface area (Å²) in [7, 11) is 0. The molecular formula is C4H6AgO2. The summed E-state index contributed by atoms with van der Waals surface area (Å²) in [6.45, 7) is 4.48. The quantitative estimate of drug-likeness (QED) is 0.348. The van der Waals surface area contributed by atoms with Crippen LogP contribution < -0.4 is 0 Å². The zero-order valence-electron chi connectivity index (χ0n) is 3.90. The molecule has 2 nitrogen and oxygen atoms in total. The second kappa shape index (κ2) is 5.95. The second-order valence-corrected chi connectivity index (χ2v) is 0.776. The van der Waals surface area contributed by atoms with E-state index in [-0.39, 0.29) is 28.3 Å². The van der Waals surface area contributed by atoms with Gasteiger partial charge in [0.2, 0.25) is 0 Å². The summed E-state index contributed by atoms with van der Waals surface area (Å²) in [5.41, 5.74) is 0. The van der Waals surface area contributed by atoms with Gasteiger partial charge in [-0.2, -0.15) is 0 Å². The van der Waals surface area contributed by atoms with E-state index in [4.69, 9.17) is 0 Å². The fourth-order valence-electron chi connectivity index (χ4n) is 0.117. The Bertz CT molecular complexity index is 70.1. The molecule has 0 N–H and O–H groups in total. The van der Waals surface area contributed by atoms with E-state index in [0.29, 0.717) is 0 Å². The standard InChI is InChI=1S/C4H6O2.Ag/c1-3-6-4(2)5;/h3H,1H2,2H3;. The SMILES string of the molecule is C=COC(C)=O.[Ag]. The zero-order chi connectivity index (χ0) is 4.99. The van der Waals surface area contributed by atoms with Gasteiger partial charge in [0.25, 0.3) is 0 Å². The molecule has 0 fully saturated rings. The molecule has 0 aromatic heterocycles. The Morgan fingerprint density at radius 1 is 1.86 bits per heavy atom. The first kappa shape index (κ1) is 10.0. The zero-order valence-corrected chi connectivity index (χ0v) is 5.38. The normalized spacial score (nSPS) is 5.86. The maximum Gasteiger partial charge on any atom is 0.307 e. The molecule has 0 aromatic carbocycles. The fourth-order valence-corrected chi connectivity index (χ4v) is 0.117. The molecule has 0 aliphatic carbocycles. The summed E-state index contributed by atoms with van der Waals surface area (Å²) < 4.78 is 4.17. The van der Waals surface area contributed by atoms with Crippen LogP contribution in [0.3, 0.4) is 0 Å². The van der Waals surface area contributed by atoms with Crippen molar-refractivity contribution in [3.05, 3.63) is 12.8 Å². The van der Waals surface area contributed by atoms with Gasteiger partial charge >= 0.3 is 5.97 Å². The average molecular weight is 194 g/mol. The topological polar surface area (TPSA) is 26.3 Å². The van der Waals surface area contributed by atoms with Crippen LogP contribution in [0.2, 0.25) is 0 Å². The molecule has 0 heterocycles. The molecule has 0 unspecified atom stereocenters. The van der Waals surface area contributed by atoms with Crippen molar-refractivity contribution in [3.63, 3.8) is 0 Å². The smallest absolute Gasteiger partial charge is 0.307 e. The number of esters is 1. The van der Waals surface area contributed by atoms with Gasteiger partial charge in [-0.25, -0.2) is 0 Å². The Morgan fingerprint density at radius 3 is 2.29 bits per heavy atom. The molecule has 0 aliphatic heterocycles. The molecule has 0 spiro atoms. The first-order valence-corrected chi connectivity index (χ1v) is 1.55. The summed E-state index contributed by atoms with van der Waals surface area (Å²) in [5.74, 6) is -0.329. The van der Waals surface area contributed by atoms with Crippen molar-refractivity contribution in [2.75, 3.05) is 0 Å². The van der Waals surface area contributed by atoms with Gasteiger partial charge in [0.05, 0.1) is 6.26 Å². The minimum atomic E-state index is -0.329. The van der Waals surface area contributed by atoms with Crippen molar-refractivity contribution < 1.29 is 31.9 Å². The number of rotatable bonds is 1. The van der Waals surface area contributed by atoms with Crippen LogP contribution in [0, 0.1) is 0 Å². The Morgan fingerprint density at radius 2 is 2.29 bits per heavy atom. The summed E-state index contributed by atoms with van der Waals surface area (Å²) in [4.78, 5) is 9.75. The third kappa shape index (κ3) is 10.7. The van der Waals surface area contributed by atoms with Crippen LogP contribution >= 0.6 is 0 Å². The third-order valence-electron chi connectivity index (χ3n) is 0.249. The van der Waals surface area contributed by atoms with E-state index in [1.165, 1.54) is 6.92 Å². The van der Waals surface area contributed by atoms with Crippen molar-refractivity contribution >= 4 is 5.97 Å². The molecule has 0 aromatic rings. The molecule has 7 heavy (non-hydrogen) atoms. The van der Waals surface area contributed by atoms with Gasteiger partial charge in [0.15, 0.2) is 0 Å². The van der Waals surface area contributed by atoms with Crippen LogP contribution in [-0.4, -0.2) is 5.97 Å². The molecule has 0 atom stereocenters. The molecule has 0 amide bonds. The van der Waals surface area contributed by atoms with Crippen LogP contribution in [0.25, 0.3) is 0 Å². The monoisotopic (exact) mass is 193 g/mol. The van der Waals surface area contributed by atoms with Gasteiger partial charge in [-0.3, -0.25) is 4.79 Å². The molecule has 0 aliphatic rings. The van der Waals surface area contributed by atoms with Crippen LogP contribution in [0.5, 0.6) is 0 Å². The molecule has 3 heteroatoms. The van der Waals surface area contributed by atoms with Crippen LogP contribution in [0.1, 0.15) is 6.92 Å². The Hall–Kier alpha value is -0.0497. The van der Waals surface area contributed by atoms with Crippen molar-refractivity contribution in [1.82, 2.24) is 0 Å². The minimum Gasteiger partial charge on any atom is -0.435 e. The predicted molar refractivity (Wildman–Crippen MR) is 22.0 cm³/mol. The first-order chi connectivity index (χ1) is 2.77. The summed E-state index contributed by atoms with van der Waals surface area (Å²) in [5, 5.41) is 0. The maximum absolute atomic E-state index is 9.75. The van der Waals surface area contributed by atoms with Gasteiger partial charge in [-0.1, -0.05) is 6.58 Å². The first-order valence-electron chi connectivity index (χ1n) is 1.55. The largest absolute Gasteiger partial charge is 0.435 e. The molecule has 0 rings (SSSR count). The Kier molecular flexibility index (Phi) is 8.54. The summed E-state index contributed by atoms with van der Waals surface area (Å²) >= 11 is 0. The van der Waals surface area contributed by atoms with Crippen LogP contribution in [0.4, 0.5) is 0 Å². The molecule has 0 saturated carbocycles. The number of carbonyl (C=O) groups is 1. The molecule has 0 saturated heterocycles. The van der Waals surface area contributed by atoms with Crippen molar-refractivity contribution in [3.8, 4) is 0 Å². The molecule has 0 bridgehead atoms. The Labute approximate surface area is 58.1 Å². The van der Waals surface area contributed by atoms with Crippen LogP contribution in [-0.2, 0) is 31.9 Å². The molecule has 1 radical (unpaired) electrons. The van der Waals surface area contributed by atoms with Crippen molar-refractivity contribution in [2.24, 2.45) is 0 Å². The number of hydrogen-bond acceptors (Lipinski definition) is 2. The number of carbonyl (C=O) groups excluding carboxylic acids is 1. The molecular weight excluding hydrogens is 188 g/mol. The van der Waals surface area contributed by atoms with Gasteiger partial charge in [-0.15, -0.1) is 0 Å². The maximum atomic E-state index is 9.75. The van der Waals surface area contributed by atoms with E-state index in [0.717, 1.165) is 6.26 Å². The van der Waals surface area contributed by atoms with Gasteiger partial charge in [0, 0.05) is 29.3 Å². The van der Waals surface area contributed by atoms with Gasteiger partial charge in [0.1, 0.15) is 0 Å². The third-order valence-corrected chi connectivity index (χ3v) is 0.249. The van der Waals surface area contributed by atoms with E-state index < -0.39 is 0 Å². The van der Waals surface area contributed by atoms with E-state index >= 15 is 0 Å². The number of ether oxygens (including phenoxy) is 1. The van der Waals surface area contributed by atoms with Crippen molar-refractivity contribution in [2.45, 2.75) is 6.92 Å².